The maximum absolute atomic E-state index is 12.4. The molecule has 0 aliphatic carbocycles. The number of benzene rings is 1. The fourth-order valence-electron chi connectivity index (χ4n) is 2.37. The maximum Gasteiger partial charge on any atom is 0.253 e. The molecule has 104 valence electrons. The first kappa shape index (κ1) is 14.1. The van der Waals surface area contributed by atoms with Crippen molar-refractivity contribution in [2.45, 2.75) is 45.1 Å². The molecule has 0 unspecified atom stereocenters. The number of carbonyl (C=O) groups excluding carboxylic acids is 1. The molecule has 1 aromatic rings. The van der Waals surface area contributed by atoms with Crippen LogP contribution in [0.4, 0.5) is 0 Å². The topological polar surface area (TPSA) is 40.5 Å². The molecule has 3 heteroatoms. The number of nitrogens with zero attached hydrogens (tertiary/aromatic N) is 1. The predicted molar refractivity (Wildman–Crippen MR) is 76.3 cm³/mol. The molecule has 0 radical (unpaired) electrons. The highest BCUT2D eigenvalue weighted by atomic mass is 16.3. The third-order valence-electron chi connectivity index (χ3n) is 3.73. The van der Waals surface area contributed by atoms with E-state index in [0.717, 1.165) is 5.56 Å². The summed E-state index contributed by atoms with van der Waals surface area (Å²) in [4.78, 5) is 14.3. The lowest BCUT2D eigenvalue weighted by molar-refractivity contribution is 0.0546. The molecule has 2 rings (SSSR count). The average Bonchev–Trinajstić information content (AvgIpc) is 2.38. The first-order chi connectivity index (χ1) is 8.88. The third-order valence-corrected chi connectivity index (χ3v) is 3.73. The van der Waals surface area contributed by atoms with Crippen LogP contribution in [0.2, 0.25) is 0 Å². The molecular formula is C16H23NO2. The molecule has 1 aromatic carbocycles. The fourth-order valence-corrected chi connectivity index (χ4v) is 2.37. The molecule has 0 spiro atoms. The minimum absolute atomic E-state index is 0.0500. The highest BCUT2D eigenvalue weighted by molar-refractivity contribution is 5.94. The number of carbonyl (C=O) groups is 1. The maximum atomic E-state index is 12.4. The molecule has 1 aliphatic rings. The van der Waals surface area contributed by atoms with Crippen LogP contribution in [0.5, 0.6) is 0 Å². The number of rotatable bonds is 1. The lowest BCUT2D eigenvalue weighted by atomic mass is 9.86. The summed E-state index contributed by atoms with van der Waals surface area (Å²) in [6, 6.07) is 7.89. The summed E-state index contributed by atoms with van der Waals surface area (Å²) >= 11 is 0. The first-order valence-corrected chi connectivity index (χ1v) is 6.96. The Morgan fingerprint density at radius 3 is 2.47 bits per heavy atom. The summed E-state index contributed by atoms with van der Waals surface area (Å²) in [5, 5.41) is 9.49. The van der Waals surface area contributed by atoms with E-state index in [1.54, 1.807) is 0 Å². The number of piperidine rings is 1. The van der Waals surface area contributed by atoms with Gasteiger partial charge in [0.1, 0.15) is 0 Å². The van der Waals surface area contributed by atoms with Crippen molar-refractivity contribution in [3.05, 3.63) is 35.4 Å². The van der Waals surface area contributed by atoms with E-state index < -0.39 is 0 Å². The van der Waals surface area contributed by atoms with Crippen LogP contribution in [0.25, 0.3) is 0 Å². The smallest absolute Gasteiger partial charge is 0.253 e. The average molecular weight is 261 g/mol. The minimum Gasteiger partial charge on any atom is -0.393 e. The molecule has 0 saturated carbocycles. The number of aliphatic hydroxyl groups excluding tert-OH is 1. The van der Waals surface area contributed by atoms with Gasteiger partial charge in [-0.15, -0.1) is 0 Å². The Bertz CT molecular complexity index is 454. The Morgan fingerprint density at radius 2 is 1.89 bits per heavy atom. The van der Waals surface area contributed by atoms with E-state index in [1.165, 1.54) is 5.56 Å². The molecule has 1 aliphatic heterocycles. The van der Waals surface area contributed by atoms with Gasteiger partial charge >= 0.3 is 0 Å². The van der Waals surface area contributed by atoms with Gasteiger partial charge in [-0.3, -0.25) is 4.79 Å². The van der Waals surface area contributed by atoms with Gasteiger partial charge < -0.3 is 10.0 Å². The van der Waals surface area contributed by atoms with E-state index in [4.69, 9.17) is 0 Å². The van der Waals surface area contributed by atoms with Crippen molar-refractivity contribution in [2.24, 2.45) is 0 Å². The highest BCUT2D eigenvalue weighted by Crippen LogP contribution is 2.23. The van der Waals surface area contributed by atoms with Gasteiger partial charge in [0, 0.05) is 18.7 Å². The van der Waals surface area contributed by atoms with Gasteiger partial charge in [0.05, 0.1) is 6.10 Å². The molecule has 19 heavy (non-hydrogen) atoms. The summed E-state index contributed by atoms with van der Waals surface area (Å²) < 4.78 is 0. The first-order valence-electron chi connectivity index (χ1n) is 6.96. The van der Waals surface area contributed by atoms with E-state index >= 15 is 0 Å². The van der Waals surface area contributed by atoms with Gasteiger partial charge in [0.2, 0.25) is 0 Å². The van der Waals surface area contributed by atoms with E-state index in [2.05, 4.69) is 26.8 Å². The Morgan fingerprint density at radius 1 is 1.26 bits per heavy atom. The molecule has 1 saturated heterocycles. The minimum atomic E-state index is -0.245. The van der Waals surface area contributed by atoms with Gasteiger partial charge in [0.15, 0.2) is 0 Å². The van der Waals surface area contributed by atoms with Gasteiger partial charge in [-0.1, -0.05) is 32.9 Å². The zero-order valence-electron chi connectivity index (χ0n) is 12.0. The number of aliphatic hydroxyl groups is 1. The predicted octanol–water partition coefficient (Wildman–Crippen LogP) is 2.58. The van der Waals surface area contributed by atoms with Crippen molar-refractivity contribution in [3.63, 3.8) is 0 Å². The van der Waals surface area contributed by atoms with Gasteiger partial charge in [0.25, 0.3) is 5.91 Å². The zero-order chi connectivity index (χ0) is 14.0. The largest absolute Gasteiger partial charge is 0.393 e. The number of likely N-dealkylation sites (tertiary alicyclic amines) is 1. The Labute approximate surface area is 115 Å². The number of hydrogen-bond acceptors (Lipinski definition) is 2. The van der Waals surface area contributed by atoms with Crippen LogP contribution in [0, 0.1) is 0 Å². The Balaban J connectivity index is 2.15. The zero-order valence-corrected chi connectivity index (χ0v) is 12.0. The van der Waals surface area contributed by atoms with Crippen molar-refractivity contribution < 1.29 is 9.90 Å². The van der Waals surface area contributed by atoms with Crippen molar-refractivity contribution in [2.75, 3.05) is 13.1 Å². The Kier molecular flexibility index (Phi) is 3.95. The van der Waals surface area contributed by atoms with E-state index in [0.29, 0.717) is 25.9 Å². The van der Waals surface area contributed by atoms with Crippen LogP contribution < -0.4 is 0 Å². The molecule has 0 bridgehead atoms. The van der Waals surface area contributed by atoms with Crippen molar-refractivity contribution >= 4 is 5.91 Å². The number of hydrogen-bond donors (Lipinski definition) is 1. The van der Waals surface area contributed by atoms with Crippen LogP contribution >= 0.6 is 0 Å². The van der Waals surface area contributed by atoms with Gasteiger partial charge in [-0.25, -0.2) is 0 Å². The van der Waals surface area contributed by atoms with E-state index in [1.807, 2.05) is 23.1 Å². The lowest BCUT2D eigenvalue weighted by Crippen LogP contribution is -2.40. The molecule has 1 amide bonds. The van der Waals surface area contributed by atoms with Crippen molar-refractivity contribution in [1.82, 2.24) is 4.90 Å². The summed E-state index contributed by atoms with van der Waals surface area (Å²) in [5.74, 6) is 0.0815. The van der Waals surface area contributed by atoms with Gasteiger partial charge in [-0.2, -0.15) is 0 Å². The third kappa shape index (κ3) is 3.35. The van der Waals surface area contributed by atoms with Crippen LogP contribution in [0.15, 0.2) is 24.3 Å². The molecular weight excluding hydrogens is 238 g/mol. The van der Waals surface area contributed by atoms with Crippen LogP contribution in [-0.4, -0.2) is 35.1 Å². The second kappa shape index (κ2) is 5.33. The normalized spacial score (nSPS) is 17.6. The second-order valence-electron chi connectivity index (χ2n) is 6.35. The lowest BCUT2D eigenvalue weighted by Gasteiger charge is -2.30. The summed E-state index contributed by atoms with van der Waals surface area (Å²) in [5.41, 5.74) is 1.98. The number of amides is 1. The van der Waals surface area contributed by atoms with E-state index in [9.17, 15) is 9.90 Å². The summed E-state index contributed by atoms with van der Waals surface area (Å²) in [6.07, 6.45) is 1.13. The van der Waals surface area contributed by atoms with E-state index in [-0.39, 0.29) is 17.4 Å². The quantitative estimate of drug-likeness (QED) is 0.844. The molecule has 1 N–H and O–H groups in total. The molecule has 0 aromatic heterocycles. The molecule has 3 nitrogen and oxygen atoms in total. The highest BCUT2D eigenvalue weighted by Gasteiger charge is 2.23. The van der Waals surface area contributed by atoms with Crippen molar-refractivity contribution in [1.29, 1.82) is 0 Å². The second-order valence-corrected chi connectivity index (χ2v) is 6.35. The summed E-state index contributed by atoms with van der Waals surface area (Å²) in [6.45, 7) is 7.75. The fraction of sp³-hybridized carbons (Fsp3) is 0.562. The monoisotopic (exact) mass is 261 g/mol. The van der Waals surface area contributed by atoms with Crippen LogP contribution in [0.1, 0.15) is 49.5 Å². The van der Waals surface area contributed by atoms with Gasteiger partial charge in [-0.05, 0) is 36.0 Å². The molecule has 1 heterocycles. The SMILES string of the molecule is CC(C)(C)c1cccc(C(=O)N2CCC(O)CC2)c1. The Hall–Kier alpha value is -1.35. The molecule has 1 fully saturated rings. The van der Waals surface area contributed by atoms with Crippen molar-refractivity contribution in [3.8, 4) is 0 Å². The van der Waals surface area contributed by atoms with Crippen LogP contribution in [0.3, 0.4) is 0 Å². The van der Waals surface area contributed by atoms with Crippen LogP contribution in [-0.2, 0) is 5.41 Å². The summed E-state index contributed by atoms with van der Waals surface area (Å²) in [7, 11) is 0. The standard InChI is InChI=1S/C16H23NO2/c1-16(2,3)13-6-4-5-12(11-13)15(19)17-9-7-14(18)8-10-17/h4-6,11,14,18H,7-10H2,1-3H3. The molecule has 0 atom stereocenters.